The highest BCUT2D eigenvalue weighted by atomic mass is 35.5. The number of rotatable bonds is 5. The Labute approximate surface area is 123 Å². The number of hydrogen-bond acceptors (Lipinski definition) is 4. The van der Waals surface area contributed by atoms with E-state index in [4.69, 9.17) is 0 Å². The number of nitrogens with zero attached hydrogens (tertiary/aromatic N) is 2. The largest absolute Gasteiger partial charge is 0.319 e. The van der Waals surface area contributed by atoms with Gasteiger partial charge in [0, 0.05) is 24.7 Å². The normalized spacial score (nSPS) is 18.8. The molecule has 0 aliphatic carbocycles. The van der Waals surface area contributed by atoms with E-state index < -0.39 is 10.7 Å². The number of benzene rings is 1. The monoisotopic (exact) mass is 303 g/mol. The molecule has 7 heteroatoms. The SMILES string of the molecule is CNCC1CCN(Cc2cc(F)ccc2[N+](=O)[O-])C1.Cl. The second-order valence-electron chi connectivity index (χ2n) is 4.98. The molecule has 0 spiro atoms. The minimum Gasteiger partial charge on any atom is -0.319 e. The van der Waals surface area contributed by atoms with Gasteiger partial charge in [0.15, 0.2) is 0 Å². The zero-order valence-electron chi connectivity index (χ0n) is 11.3. The Hall–Kier alpha value is -1.24. The summed E-state index contributed by atoms with van der Waals surface area (Å²) in [5.41, 5.74) is 0.452. The molecule has 1 aromatic rings. The van der Waals surface area contributed by atoms with Crippen molar-refractivity contribution in [2.45, 2.75) is 13.0 Å². The number of nitro groups is 1. The van der Waals surface area contributed by atoms with Crippen LogP contribution < -0.4 is 5.32 Å². The van der Waals surface area contributed by atoms with E-state index in [2.05, 4.69) is 10.2 Å². The molecule has 1 aromatic carbocycles. The first-order valence-corrected chi connectivity index (χ1v) is 6.40. The Kier molecular flexibility index (Phi) is 6.32. The van der Waals surface area contributed by atoms with Crippen molar-refractivity contribution < 1.29 is 9.31 Å². The summed E-state index contributed by atoms with van der Waals surface area (Å²) in [5.74, 6) is 0.143. The quantitative estimate of drug-likeness (QED) is 0.669. The number of hydrogen-bond donors (Lipinski definition) is 1. The first kappa shape index (κ1) is 16.8. The van der Waals surface area contributed by atoms with Crippen LogP contribution in [0.1, 0.15) is 12.0 Å². The average molecular weight is 304 g/mol. The van der Waals surface area contributed by atoms with Gasteiger partial charge in [-0.15, -0.1) is 12.4 Å². The molecule has 0 aromatic heterocycles. The maximum Gasteiger partial charge on any atom is 0.274 e. The number of nitrogens with one attached hydrogen (secondary N) is 1. The fourth-order valence-corrected chi connectivity index (χ4v) is 2.61. The summed E-state index contributed by atoms with van der Waals surface area (Å²) in [4.78, 5) is 12.6. The molecular formula is C13H19ClFN3O2. The lowest BCUT2D eigenvalue weighted by atomic mass is 10.1. The topological polar surface area (TPSA) is 58.4 Å². The molecule has 1 atom stereocenters. The Morgan fingerprint density at radius 1 is 1.55 bits per heavy atom. The molecule has 112 valence electrons. The summed E-state index contributed by atoms with van der Waals surface area (Å²) >= 11 is 0. The zero-order chi connectivity index (χ0) is 13.8. The van der Waals surface area contributed by atoms with Crippen molar-refractivity contribution >= 4 is 18.1 Å². The second-order valence-corrected chi connectivity index (χ2v) is 4.98. The fourth-order valence-electron chi connectivity index (χ4n) is 2.61. The first-order valence-electron chi connectivity index (χ1n) is 6.40. The summed E-state index contributed by atoms with van der Waals surface area (Å²) in [6.07, 6.45) is 1.07. The molecule has 0 radical (unpaired) electrons. The molecule has 1 aliphatic heterocycles. The summed E-state index contributed by atoms with van der Waals surface area (Å²) < 4.78 is 13.2. The molecule has 5 nitrogen and oxygen atoms in total. The predicted octanol–water partition coefficient (Wildman–Crippen LogP) is 2.20. The van der Waals surface area contributed by atoms with E-state index >= 15 is 0 Å². The highest BCUT2D eigenvalue weighted by Gasteiger charge is 2.24. The van der Waals surface area contributed by atoms with Crippen molar-refractivity contribution in [2.75, 3.05) is 26.7 Å². The van der Waals surface area contributed by atoms with E-state index in [1.54, 1.807) is 0 Å². The smallest absolute Gasteiger partial charge is 0.274 e. The van der Waals surface area contributed by atoms with Crippen LogP contribution in [0.15, 0.2) is 18.2 Å². The van der Waals surface area contributed by atoms with Gasteiger partial charge in [-0.3, -0.25) is 15.0 Å². The minimum atomic E-state index is -0.448. The van der Waals surface area contributed by atoms with Crippen molar-refractivity contribution in [3.8, 4) is 0 Å². The maximum absolute atomic E-state index is 13.2. The highest BCUT2D eigenvalue weighted by molar-refractivity contribution is 5.85. The zero-order valence-corrected chi connectivity index (χ0v) is 12.2. The van der Waals surface area contributed by atoms with Crippen LogP contribution in [0, 0.1) is 21.8 Å². The van der Waals surface area contributed by atoms with Crippen LogP contribution in [0.25, 0.3) is 0 Å². The van der Waals surface area contributed by atoms with Crippen LogP contribution in [0.5, 0.6) is 0 Å². The molecule has 1 saturated heterocycles. The van der Waals surface area contributed by atoms with Crippen molar-refractivity contribution in [3.05, 3.63) is 39.7 Å². The van der Waals surface area contributed by atoms with Crippen molar-refractivity contribution in [3.63, 3.8) is 0 Å². The third-order valence-corrected chi connectivity index (χ3v) is 3.49. The molecule has 0 bridgehead atoms. The van der Waals surface area contributed by atoms with E-state index in [0.717, 1.165) is 32.1 Å². The highest BCUT2D eigenvalue weighted by Crippen LogP contribution is 2.24. The average Bonchev–Trinajstić information content (AvgIpc) is 2.77. The lowest BCUT2D eigenvalue weighted by molar-refractivity contribution is -0.385. The Morgan fingerprint density at radius 2 is 2.30 bits per heavy atom. The molecule has 0 saturated carbocycles. The van der Waals surface area contributed by atoms with Gasteiger partial charge in [-0.1, -0.05) is 0 Å². The van der Waals surface area contributed by atoms with Gasteiger partial charge < -0.3 is 5.32 Å². The van der Waals surface area contributed by atoms with Crippen LogP contribution in [0.2, 0.25) is 0 Å². The van der Waals surface area contributed by atoms with Crippen molar-refractivity contribution in [2.24, 2.45) is 5.92 Å². The number of halogens is 2. The third kappa shape index (κ3) is 4.13. The maximum atomic E-state index is 13.2. The molecule has 0 amide bonds. The van der Waals surface area contributed by atoms with Gasteiger partial charge >= 0.3 is 0 Å². The fraction of sp³-hybridized carbons (Fsp3) is 0.538. The van der Waals surface area contributed by atoms with E-state index in [1.165, 1.54) is 12.1 Å². The summed E-state index contributed by atoms with van der Waals surface area (Å²) in [7, 11) is 1.92. The standard InChI is InChI=1S/C13H18FN3O2.ClH/c1-15-7-10-4-5-16(8-10)9-11-6-12(14)2-3-13(11)17(18)19;/h2-3,6,10,15H,4-5,7-9H2,1H3;1H. The van der Waals surface area contributed by atoms with E-state index in [-0.39, 0.29) is 18.1 Å². The Morgan fingerprint density at radius 3 is 2.95 bits per heavy atom. The number of nitro benzene ring substituents is 1. The summed E-state index contributed by atoms with van der Waals surface area (Å²) in [5, 5.41) is 14.1. The minimum absolute atomic E-state index is 0. The first-order chi connectivity index (χ1) is 9.10. The van der Waals surface area contributed by atoms with Gasteiger partial charge in [0.05, 0.1) is 4.92 Å². The summed E-state index contributed by atoms with van der Waals surface area (Å²) in [6.45, 7) is 3.19. The van der Waals surface area contributed by atoms with E-state index in [1.807, 2.05) is 7.05 Å². The Balaban J connectivity index is 0.00000200. The van der Waals surface area contributed by atoms with Crippen LogP contribution in [0.4, 0.5) is 10.1 Å². The molecule has 1 unspecified atom stereocenters. The van der Waals surface area contributed by atoms with E-state index in [9.17, 15) is 14.5 Å². The lowest BCUT2D eigenvalue weighted by Crippen LogP contribution is -2.24. The van der Waals surface area contributed by atoms with Gasteiger partial charge in [0.1, 0.15) is 5.82 Å². The molecule has 1 fully saturated rings. The van der Waals surface area contributed by atoms with E-state index in [0.29, 0.717) is 18.0 Å². The Bertz CT molecular complexity index is 473. The molecule has 1 heterocycles. The van der Waals surface area contributed by atoms with Crippen LogP contribution in [0.3, 0.4) is 0 Å². The van der Waals surface area contributed by atoms with Crippen LogP contribution >= 0.6 is 12.4 Å². The van der Waals surface area contributed by atoms with Crippen LogP contribution in [-0.4, -0.2) is 36.5 Å². The van der Waals surface area contributed by atoms with Crippen molar-refractivity contribution in [1.29, 1.82) is 0 Å². The van der Waals surface area contributed by atoms with Crippen molar-refractivity contribution in [1.82, 2.24) is 10.2 Å². The molecular weight excluding hydrogens is 285 g/mol. The number of likely N-dealkylation sites (tertiary alicyclic amines) is 1. The predicted molar refractivity (Wildman–Crippen MR) is 77.6 cm³/mol. The van der Waals surface area contributed by atoms with Crippen LogP contribution in [-0.2, 0) is 6.54 Å². The third-order valence-electron chi connectivity index (χ3n) is 3.49. The lowest BCUT2D eigenvalue weighted by Gasteiger charge is -2.16. The van der Waals surface area contributed by atoms with Gasteiger partial charge in [-0.25, -0.2) is 4.39 Å². The van der Waals surface area contributed by atoms with Gasteiger partial charge in [0.25, 0.3) is 5.69 Å². The second kappa shape index (κ2) is 7.52. The molecule has 1 aliphatic rings. The van der Waals surface area contributed by atoms with Gasteiger partial charge in [-0.05, 0) is 44.6 Å². The molecule has 2 rings (SSSR count). The van der Waals surface area contributed by atoms with Gasteiger partial charge in [-0.2, -0.15) is 0 Å². The molecule has 20 heavy (non-hydrogen) atoms. The van der Waals surface area contributed by atoms with Gasteiger partial charge in [0.2, 0.25) is 0 Å². The summed E-state index contributed by atoms with van der Waals surface area (Å²) in [6, 6.07) is 3.64. The molecule has 1 N–H and O–H groups in total.